The molecule has 0 aromatic rings. The zero-order chi connectivity index (χ0) is 9.56. The topological polar surface area (TPSA) is 0 Å². The molecule has 0 N–H and O–H groups in total. The third-order valence-electron chi connectivity index (χ3n) is 1.97. The minimum Gasteiger partial charge on any atom is -0.0995 e. The summed E-state index contributed by atoms with van der Waals surface area (Å²) >= 11 is 0. The molecule has 0 aliphatic heterocycles. The van der Waals surface area contributed by atoms with E-state index in [4.69, 9.17) is 0 Å². The van der Waals surface area contributed by atoms with Gasteiger partial charge in [-0.2, -0.15) is 0 Å². The van der Waals surface area contributed by atoms with Crippen molar-refractivity contribution in [3.05, 3.63) is 36.0 Å². The van der Waals surface area contributed by atoms with Gasteiger partial charge in [0.2, 0.25) is 0 Å². The van der Waals surface area contributed by atoms with Crippen LogP contribution in [0.4, 0.5) is 0 Å². The summed E-state index contributed by atoms with van der Waals surface area (Å²) in [5.41, 5.74) is 3.75. The van der Waals surface area contributed by atoms with Gasteiger partial charge in [-0.15, -0.1) is 0 Å². The first-order valence-corrected chi connectivity index (χ1v) is 4.57. The molecule has 12 heavy (non-hydrogen) atoms. The van der Waals surface area contributed by atoms with Gasteiger partial charge in [-0.3, -0.25) is 0 Å². The van der Waals surface area contributed by atoms with Gasteiger partial charge in [-0.05, 0) is 26.7 Å². The van der Waals surface area contributed by atoms with E-state index in [1.54, 1.807) is 0 Å². The Balaban J connectivity index is 3.87. The van der Waals surface area contributed by atoms with Crippen molar-refractivity contribution in [3.63, 3.8) is 0 Å². The summed E-state index contributed by atoms with van der Waals surface area (Å²) in [6.07, 6.45) is 5.55. The first-order valence-electron chi connectivity index (χ1n) is 4.57. The largest absolute Gasteiger partial charge is 0.0995 e. The second-order valence-corrected chi connectivity index (χ2v) is 3.37. The van der Waals surface area contributed by atoms with Crippen molar-refractivity contribution in [3.8, 4) is 0 Å². The maximum absolute atomic E-state index is 4.00. The molecule has 0 fully saturated rings. The minimum atomic E-state index is 1.01. The monoisotopic (exact) mass is 164 g/mol. The third-order valence-corrected chi connectivity index (χ3v) is 1.97. The summed E-state index contributed by atoms with van der Waals surface area (Å²) < 4.78 is 0. The summed E-state index contributed by atoms with van der Waals surface area (Å²) in [6, 6.07) is 0. The van der Waals surface area contributed by atoms with Gasteiger partial charge in [0, 0.05) is 0 Å². The number of rotatable bonds is 5. The molecule has 0 aliphatic rings. The van der Waals surface area contributed by atoms with E-state index < -0.39 is 0 Å². The van der Waals surface area contributed by atoms with Crippen LogP contribution in [0, 0.1) is 0 Å². The van der Waals surface area contributed by atoms with Crippen molar-refractivity contribution >= 4 is 0 Å². The zero-order valence-corrected chi connectivity index (χ0v) is 8.61. The van der Waals surface area contributed by atoms with Gasteiger partial charge in [0.05, 0.1) is 0 Å². The second kappa shape index (κ2) is 5.82. The Morgan fingerprint density at radius 2 is 1.83 bits per heavy atom. The van der Waals surface area contributed by atoms with E-state index in [1.165, 1.54) is 17.6 Å². The average Bonchev–Trinajstić information content (AvgIpc) is 2.00. The van der Waals surface area contributed by atoms with Gasteiger partial charge in [-0.1, -0.05) is 49.3 Å². The van der Waals surface area contributed by atoms with Crippen molar-refractivity contribution < 1.29 is 0 Å². The van der Waals surface area contributed by atoms with E-state index in [0.717, 1.165) is 18.4 Å². The summed E-state index contributed by atoms with van der Waals surface area (Å²) in [6.45, 7) is 14.2. The van der Waals surface area contributed by atoms with Crippen molar-refractivity contribution in [1.82, 2.24) is 0 Å². The molecule has 0 saturated carbocycles. The van der Waals surface area contributed by atoms with Crippen LogP contribution < -0.4 is 0 Å². The molecule has 0 bridgehead atoms. The predicted molar refractivity (Wildman–Crippen MR) is 57.2 cm³/mol. The molecule has 0 spiro atoms. The van der Waals surface area contributed by atoms with E-state index in [1.807, 2.05) is 6.92 Å². The molecular weight excluding hydrogens is 144 g/mol. The smallest absolute Gasteiger partial charge is 0.0136 e. The molecule has 0 aliphatic carbocycles. The highest BCUT2D eigenvalue weighted by atomic mass is 14.0. The van der Waals surface area contributed by atoms with Gasteiger partial charge in [0.15, 0.2) is 0 Å². The van der Waals surface area contributed by atoms with Gasteiger partial charge < -0.3 is 0 Å². The highest BCUT2D eigenvalue weighted by Gasteiger charge is 1.92. The Morgan fingerprint density at radius 1 is 1.25 bits per heavy atom. The second-order valence-electron chi connectivity index (χ2n) is 3.37. The van der Waals surface area contributed by atoms with Gasteiger partial charge in [0.1, 0.15) is 0 Å². The summed E-state index contributed by atoms with van der Waals surface area (Å²) in [7, 11) is 0. The maximum Gasteiger partial charge on any atom is -0.0136 e. The Bertz CT molecular complexity index is 194. The average molecular weight is 164 g/mol. The molecule has 0 unspecified atom stereocenters. The van der Waals surface area contributed by atoms with Crippen LogP contribution in [-0.4, -0.2) is 0 Å². The van der Waals surface area contributed by atoms with Crippen molar-refractivity contribution in [1.29, 1.82) is 0 Å². The van der Waals surface area contributed by atoms with E-state index >= 15 is 0 Å². The summed E-state index contributed by atoms with van der Waals surface area (Å²) in [4.78, 5) is 0. The lowest BCUT2D eigenvalue weighted by Crippen LogP contribution is -1.81. The quantitative estimate of drug-likeness (QED) is 0.421. The van der Waals surface area contributed by atoms with E-state index in [9.17, 15) is 0 Å². The molecule has 0 nitrogen and oxygen atoms in total. The molecule has 0 aromatic carbocycles. The first-order chi connectivity index (χ1) is 5.57. The Morgan fingerprint density at radius 3 is 2.25 bits per heavy atom. The molecule has 0 heteroatoms. The van der Waals surface area contributed by atoms with Crippen LogP contribution in [0.1, 0.15) is 40.0 Å². The molecule has 0 atom stereocenters. The van der Waals surface area contributed by atoms with E-state index in [2.05, 4.69) is 33.1 Å². The zero-order valence-electron chi connectivity index (χ0n) is 8.61. The fourth-order valence-corrected chi connectivity index (χ4v) is 0.927. The summed E-state index contributed by atoms with van der Waals surface area (Å²) in [5, 5.41) is 0. The molecule has 0 aromatic heterocycles. The van der Waals surface area contributed by atoms with Crippen molar-refractivity contribution in [2.75, 3.05) is 0 Å². The predicted octanol–water partition coefficient (Wildman–Crippen LogP) is 4.26. The molecule has 0 saturated heterocycles. The lowest BCUT2D eigenvalue weighted by molar-refractivity contribution is 0.882. The van der Waals surface area contributed by atoms with Crippen LogP contribution in [0.3, 0.4) is 0 Å². The van der Waals surface area contributed by atoms with Crippen LogP contribution in [0.5, 0.6) is 0 Å². The molecule has 0 amide bonds. The van der Waals surface area contributed by atoms with Gasteiger partial charge in [0.25, 0.3) is 0 Å². The lowest BCUT2D eigenvalue weighted by Gasteiger charge is -2.01. The molecule has 0 rings (SSSR count). The first kappa shape index (κ1) is 11.2. The molecular formula is C12H20. The molecule has 0 radical (unpaired) electrons. The van der Waals surface area contributed by atoms with Crippen molar-refractivity contribution in [2.45, 2.75) is 40.0 Å². The minimum absolute atomic E-state index is 1.01. The Kier molecular flexibility index (Phi) is 5.44. The van der Waals surface area contributed by atoms with Crippen LogP contribution in [0.25, 0.3) is 0 Å². The number of hydrogen-bond acceptors (Lipinski definition) is 0. The number of hydrogen-bond donors (Lipinski definition) is 0. The standard InChI is InChI=1S/C12H20/c1-6-7-11(4)8-9-12(5)10(2)3/h9H,2,4,6-8H2,1,3,5H3/b12-9+. The normalized spacial score (nSPS) is 11.4. The summed E-state index contributed by atoms with van der Waals surface area (Å²) in [5.74, 6) is 0. The highest BCUT2D eigenvalue weighted by molar-refractivity contribution is 5.25. The lowest BCUT2D eigenvalue weighted by atomic mass is 10.1. The fourth-order valence-electron chi connectivity index (χ4n) is 0.927. The molecule has 0 heterocycles. The van der Waals surface area contributed by atoms with Gasteiger partial charge >= 0.3 is 0 Å². The highest BCUT2D eigenvalue weighted by Crippen LogP contribution is 2.12. The fraction of sp³-hybridized carbons (Fsp3) is 0.500. The van der Waals surface area contributed by atoms with Crippen LogP contribution >= 0.6 is 0 Å². The molecule has 68 valence electrons. The SMILES string of the molecule is C=C(C/C=C(\C)C(=C)C)CCC. The van der Waals surface area contributed by atoms with E-state index in [0.29, 0.717) is 0 Å². The van der Waals surface area contributed by atoms with E-state index in [-0.39, 0.29) is 0 Å². The third kappa shape index (κ3) is 4.95. The van der Waals surface area contributed by atoms with Gasteiger partial charge in [-0.25, -0.2) is 0 Å². The Labute approximate surface area is 76.7 Å². The van der Waals surface area contributed by atoms with Crippen LogP contribution in [0.15, 0.2) is 36.0 Å². The van der Waals surface area contributed by atoms with Crippen LogP contribution in [0.2, 0.25) is 0 Å². The maximum atomic E-state index is 4.00. The van der Waals surface area contributed by atoms with Crippen LogP contribution in [-0.2, 0) is 0 Å². The Hall–Kier alpha value is -0.780. The van der Waals surface area contributed by atoms with Crippen molar-refractivity contribution in [2.24, 2.45) is 0 Å². The number of allylic oxidation sites excluding steroid dienone is 4.